The van der Waals surface area contributed by atoms with E-state index >= 15 is 0 Å². The first-order valence-electron chi connectivity index (χ1n) is 8.87. The summed E-state index contributed by atoms with van der Waals surface area (Å²) in [6.07, 6.45) is 7.77. The largest absolute Gasteiger partial charge is 0.487 e. The number of nitrogens with one attached hydrogen (secondary N) is 2. The molecule has 0 saturated heterocycles. The van der Waals surface area contributed by atoms with Crippen LogP contribution in [0.15, 0.2) is 9.05 Å². The molecule has 0 saturated carbocycles. The van der Waals surface area contributed by atoms with E-state index < -0.39 is 0 Å². The van der Waals surface area contributed by atoms with Crippen LogP contribution >= 0.6 is 0 Å². The maximum atomic E-state index is 7.90. The summed E-state index contributed by atoms with van der Waals surface area (Å²) in [5.41, 5.74) is 1.75. The quantitative estimate of drug-likeness (QED) is 0.459. The number of unbranched alkanes of at least 4 members (excludes halogenated alkanes) is 4. The first-order valence-corrected chi connectivity index (χ1v) is 8.87. The Morgan fingerprint density at radius 1 is 0.750 bits per heavy atom. The molecule has 0 spiro atoms. The maximum Gasteiger partial charge on any atom is 0.268 e. The minimum absolute atomic E-state index is 0.104. The van der Waals surface area contributed by atoms with E-state index in [0.29, 0.717) is 12.8 Å². The first-order chi connectivity index (χ1) is 11.7. The van der Waals surface area contributed by atoms with Crippen LogP contribution in [-0.2, 0) is 25.9 Å². The summed E-state index contributed by atoms with van der Waals surface area (Å²) in [5, 5.41) is 23.7. The highest BCUT2D eigenvalue weighted by Crippen LogP contribution is 1.97. The van der Waals surface area contributed by atoms with Gasteiger partial charge in [-0.25, -0.2) is 9.36 Å². The minimum atomic E-state index is 0.104. The molecule has 0 aliphatic carbocycles. The zero-order chi connectivity index (χ0) is 17.4. The van der Waals surface area contributed by atoms with Crippen LogP contribution in [0.25, 0.3) is 0 Å². The highest BCUT2D eigenvalue weighted by atomic mass is 16.5. The van der Waals surface area contributed by atoms with Crippen LogP contribution in [0.3, 0.4) is 0 Å². The van der Waals surface area contributed by atoms with Crippen molar-refractivity contribution in [3.8, 4) is 0 Å². The Bertz CT molecular complexity index is 661. The van der Waals surface area contributed by atoms with Crippen molar-refractivity contribution in [1.82, 2.24) is 10.5 Å². The van der Waals surface area contributed by atoms with Crippen molar-refractivity contribution in [3.05, 3.63) is 22.5 Å². The number of aromatic nitrogens is 4. The predicted molar refractivity (Wildman–Crippen MR) is 82.6 cm³/mol. The van der Waals surface area contributed by atoms with E-state index in [2.05, 4.69) is 24.4 Å². The molecule has 8 nitrogen and oxygen atoms in total. The SMILES string of the molecule is CCCCC[n+]1[n-]oc(=N)c1CCc1c(=N)o[n-][n+]1CCCCC. The van der Waals surface area contributed by atoms with Crippen LogP contribution in [0.1, 0.15) is 63.8 Å². The fraction of sp³-hybridized carbons (Fsp3) is 0.750. The highest BCUT2D eigenvalue weighted by molar-refractivity contribution is 4.89. The molecule has 0 radical (unpaired) electrons. The summed E-state index contributed by atoms with van der Waals surface area (Å²) in [6, 6.07) is 0. The molecule has 0 amide bonds. The molecule has 2 aromatic heterocycles. The van der Waals surface area contributed by atoms with Gasteiger partial charge in [-0.05, 0) is 12.8 Å². The molecule has 0 unspecified atom stereocenters. The summed E-state index contributed by atoms with van der Waals surface area (Å²) in [4.78, 5) is 0. The minimum Gasteiger partial charge on any atom is -0.487 e. The van der Waals surface area contributed by atoms with Crippen molar-refractivity contribution in [2.75, 3.05) is 0 Å². The van der Waals surface area contributed by atoms with E-state index in [-0.39, 0.29) is 11.1 Å². The molecule has 2 heterocycles. The van der Waals surface area contributed by atoms with E-state index in [0.717, 1.165) is 63.0 Å². The van der Waals surface area contributed by atoms with E-state index in [9.17, 15) is 0 Å². The maximum absolute atomic E-state index is 7.90. The summed E-state index contributed by atoms with van der Waals surface area (Å²) in [5.74, 6) is 0. The summed E-state index contributed by atoms with van der Waals surface area (Å²) in [7, 11) is 0. The number of nitrogens with zero attached hydrogens (tertiary/aromatic N) is 4. The van der Waals surface area contributed by atoms with Crippen LogP contribution in [0.2, 0.25) is 0 Å². The Labute approximate surface area is 141 Å². The topological polar surface area (TPSA) is 110 Å². The second-order valence-corrected chi connectivity index (χ2v) is 6.06. The van der Waals surface area contributed by atoms with Crippen LogP contribution in [0.5, 0.6) is 0 Å². The van der Waals surface area contributed by atoms with Crippen LogP contribution in [-0.4, -0.2) is 0 Å². The zero-order valence-electron chi connectivity index (χ0n) is 14.7. The molecule has 2 aromatic rings. The van der Waals surface area contributed by atoms with Crippen molar-refractivity contribution in [1.29, 1.82) is 10.8 Å². The molecule has 0 aliphatic rings. The standard InChI is InChI=1S/C16H28N6O2/c1-3-5-7-11-21-13(15(17)23-19-21)9-10-14-16(18)24-20-22(14)12-8-6-4-2/h17-18H,3-12H2,1-2H3. The average molecular weight is 336 g/mol. The zero-order valence-corrected chi connectivity index (χ0v) is 14.7. The third kappa shape index (κ3) is 4.69. The first kappa shape index (κ1) is 18.2. The molecule has 134 valence electrons. The number of rotatable bonds is 11. The van der Waals surface area contributed by atoms with E-state index in [1.165, 1.54) is 0 Å². The molecule has 8 heteroatoms. The summed E-state index contributed by atoms with van der Waals surface area (Å²) >= 11 is 0. The monoisotopic (exact) mass is 336 g/mol. The van der Waals surface area contributed by atoms with Gasteiger partial charge in [0.2, 0.25) is 11.4 Å². The van der Waals surface area contributed by atoms with Crippen molar-refractivity contribution < 1.29 is 18.4 Å². The Kier molecular flexibility index (Phi) is 7.02. The summed E-state index contributed by atoms with van der Waals surface area (Å²) < 4.78 is 13.6. The van der Waals surface area contributed by atoms with Gasteiger partial charge in [-0.15, -0.1) is 0 Å². The molecule has 0 aliphatic heterocycles. The second-order valence-electron chi connectivity index (χ2n) is 6.06. The smallest absolute Gasteiger partial charge is 0.268 e. The summed E-state index contributed by atoms with van der Waals surface area (Å²) in [6.45, 7) is 5.84. The number of aryl methyl sites for hydroxylation is 2. The third-order valence-corrected chi connectivity index (χ3v) is 4.15. The molecule has 2 N–H and O–H groups in total. The number of hydrogen-bond acceptors (Lipinski definition) is 4. The Morgan fingerprint density at radius 3 is 1.54 bits per heavy atom. The fourth-order valence-electron chi connectivity index (χ4n) is 2.72. The molecule has 24 heavy (non-hydrogen) atoms. The van der Waals surface area contributed by atoms with E-state index in [1.807, 2.05) is 0 Å². The van der Waals surface area contributed by atoms with Crippen LogP contribution < -0.4 is 31.0 Å². The van der Waals surface area contributed by atoms with Gasteiger partial charge in [0.1, 0.15) is 13.1 Å². The molecule has 0 bridgehead atoms. The van der Waals surface area contributed by atoms with E-state index in [4.69, 9.17) is 19.9 Å². The fourth-order valence-corrected chi connectivity index (χ4v) is 2.72. The second kappa shape index (κ2) is 9.24. The lowest BCUT2D eigenvalue weighted by atomic mass is 10.2. The van der Waals surface area contributed by atoms with Gasteiger partial charge in [0.05, 0.1) is 0 Å². The Balaban J connectivity index is 2.03. The van der Waals surface area contributed by atoms with Gasteiger partial charge >= 0.3 is 0 Å². The van der Waals surface area contributed by atoms with Gasteiger partial charge < -0.3 is 9.05 Å². The average Bonchev–Trinajstić information content (AvgIpc) is 3.10. The van der Waals surface area contributed by atoms with Gasteiger partial charge in [0, 0.05) is 25.7 Å². The van der Waals surface area contributed by atoms with E-state index in [1.54, 1.807) is 9.36 Å². The van der Waals surface area contributed by atoms with Gasteiger partial charge in [0.25, 0.3) is 11.1 Å². The van der Waals surface area contributed by atoms with Crippen LogP contribution in [0.4, 0.5) is 0 Å². The lowest BCUT2D eigenvalue weighted by Crippen LogP contribution is -2.45. The van der Waals surface area contributed by atoms with Gasteiger partial charge in [0.15, 0.2) is 0 Å². The Morgan fingerprint density at radius 2 is 1.17 bits per heavy atom. The van der Waals surface area contributed by atoms with Crippen molar-refractivity contribution in [2.24, 2.45) is 0 Å². The number of hydrogen-bond donors (Lipinski definition) is 2. The van der Waals surface area contributed by atoms with Crippen molar-refractivity contribution >= 4 is 0 Å². The highest BCUT2D eigenvalue weighted by Gasteiger charge is 2.18. The third-order valence-electron chi connectivity index (χ3n) is 4.15. The predicted octanol–water partition coefficient (Wildman–Crippen LogP) is 0.487. The normalized spacial score (nSPS) is 11.2. The van der Waals surface area contributed by atoms with Gasteiger partial charge in [-0.2, -0.15) is 0 Å². The molecular formula is C16H28N6O2. The molecular weight excluding hydrogens is 308 g/mol. The molecule has 0 fully saturated rings. The molecule has 0 aromatic carbocycles. The van der Waals surface area contributed by atoms with Crippen molar-refractivity contribution in [3.63, 3.8) is 0 Å². The van der Waals surface area contributed by atoms with Crippen molar-refractivity contribution in [2.45, 2.75) is 78.3 Å². The Hall–Kier alpha value is -2.12. The van der Waals surface area contributed by atoms with Crippen LogP contribution in [0, 0.1) is 10.8 Å². The lowest BCUT2D eigenvalue weighted by molar-refractivity contribution is -0.777. The lowest BCUT2D eigenvalue weighted by Gasteiger charge is -2.03. The van der Waals surface area contributed by atoms with Gasteiger partial charge in [-0.1, -0.05) is 26.7 Å². The molecule has 2 rings (SSSR count). The van der Waals surface area contributed by atoms with Gasteiger partial charge in [-0.3, -0.25) is 21.4 Å². The molecule has 0 atom stereocenters.